The summed E-state index contributed by atoms with van der Waals surface area (Å²) in [6, 6.07) is 8.74. The molecule has 2 aromatic rings. The van der Waals surface area contributed by atoms with Gasteiger partial charge in [0.1, 0.15) is 0 Å². The number of fused-ring (bicyclic) bond motifs is 1. The number of aromatic nitrogens is 2. The number of rotatable bonds is 3. The lowest BCUT2D eigenvalue weighted by atomic mass is 10.1. The fourth-order valence-corrected chi connectivity index (χ4v) is 3.66. The van der Waals surface area contributed by atoms with Crippen molar-refractivity contribution in [3.05, 3.63) is 52.7 Å². The monoisotopic (exact) mass is 366 g/mol. The van der Waals surface area contributed by atoms with Crippen molar-refractivity contribution in [2.75, 3.05) is 38.2 Å². The summed E-state index contributed by atoms with van der Waals surface area (Å²) in [4.78, 5) is 28.2. The van der Waals surface area contributed by atoms with Gasteiger partial charge in [0.2, 0.25) is 0 Å². The highest BCUT2D eigenvalue weighted by atomic mass is 16.5. The summed E-state index contributed by atoms with van der Waals surface area (Å²) in [5.41, 5.74) is 3.45. The predicted octanol–water partition coefficient (Wildman–Crippen LogP) is 1.71. The van der Waals surface area contributed by atoms with Crippen LogP contribution in [0, 0.1) is 0 Å². The molecule has 1 aromatic heterocycles. The number of ether oxygens (including phenoxy) is 1. The molecular weight excluding hydrogens is 344 g/mol. The second-order valence-electron chi connectivity index (χ2n) is 6.88. The molecule has 4 rings (SSSR count). The summed E-state index contributed by atoms with van der Waals surface area (Å²) in [6.07, 6.45) is 3.27. The molecule has 0 saturated carbocycles. The zero-order valence-electron chi connectivity index (χ0n) is 15.4. The molecule has 1 amide bonds. The van der Waals surface area contributed by atoms with Crippen molar-refractivity contribution in [3.8, 4) is 0 Å². The van der Waals surface area contributed by atoms with Gasteiger partial charge >= 0.3 is 5.97 Å². The number of aryl methyl sites for hydroxylation is 2. The average molecular weight is 366 g/mol. The maximum atomic E-state index is 12.7. The van der Waals surface area contributed by atoms with E-state index in [1.807, 2.05) is 4.90 Å². The Morgan fingerprint density at radius 2 is 1.67 bits per heavy atom. The second-order valence-corrected chi connectivity index (χ2v) is 6.88. The fraction of sp³-hybridized carbons (Fsp3) is 0.400. The normalized spacial score (nSPS) is 16.2. The van der Waals surface area contributed by atoms with Crippen molar-refractivity contribution in [2.45, 2.75) is 19.3 Å². The molecule has 7 nitrogen and oxygen atoms in total. The maximum absolute atomic E-state index is 12.7. The third kappa shape index (κ3) is 3.49. The molecule has 1 aromatic carbocycles. The summed E-state index contributed by atoms with van der Waals surface area (Å²) in [5.74, 6) is 0.481. The first-order chi connectivity index (χ1) is 13.2. The van der Waals surface area contributed by atoms with Crippen LogP contribution in [0.25, 0.3) is 0 Å². The molecule has 0 spiro atoms. The van der Waals surface area contributed by atoms with Crippen molar-refractivity contribution in [1.82, 2.24) is 15.1 Å². The number of nitrogens with zero attached hydrogens (tertiary/aromatic N) is 4. The van der Waals surface area contributed by atoms with Gasteiger partial charge < -0.3 is 14.5 Å². The Morgan fingerprint density at radius 1 is 0.963 bits per heavy atom. The molecule has 27 heavy (non-hydrogen) atoms. The molecule has 1 saturated heterocycles. The lowest BCUT2D eigenvalue weighted by molar-refractivity contribution is 0.0599. The van der Waals surface area contributed by atoms with Gasteiger partial charge in [0.15, 0.2) is 5.82 Å². The first kappa shape index (κ1) is 17.5. The van der Waals surface area contributed by atoms with Crippen LogP contribution in [0.1, 0.15) is 38.4 Å². The summed E-state index contributed by atoms with van der Waals surface area (Å²) in [6.45, 7) is 2.74. The van der Waals surface area contributed by atoms with Crippen LogP contribution in [0.3, 0.4) is 0 Å². The first-order valence-electron chi connectivity index (χ1n) is 9.24. The number of piperazine rings is 1. The van der Waals surface area contributed by atoms with Crippen molar-refractivity contribution in [2.24, 2.45) is 0 Å². The Balaban J connectivity index is 1.38. The Bertz CT molecular complexity index is 858. The highest BCUT2D eigenvalue weighted by Gasteiger charge is 2.24. The highest BCUT2D eigenvalue weighted by molar-refractivity contribution is 5.96. The number of esters is 1. The van der Waals surface area contributed by atoms with Crippen molar-refractivity contribution < 1.29 is 14.3 Å². The molecule has 0 unspecified atom stereocenters. The van der Waals surface area contributed by atoms with E-state index in [0.717, 1.165) is 43.9 Å². The molecule has 7 heteroatoms. The number of benzene rings is 1. The van der Waals surface area contributed by atoms with E-state index in [9.17, 15) is 9.59 Å². The molecule has 1 aliphatic carbocycles. The number of carbonyl (C=O) groups is 2. The lowest BCUT2D eigenvalue weighted by Gasteiger charge is -2.35. The number of carbonyl (C=O) groups excluding carboxylic acids is 2. The summed E-state index contributed by atoms with van der Waals surface area (Å²) >= 11 is 0. The zero-order chi connectivity index (χ0) is 18.8. The molecule has 0 radical (unpaired) electrons. The van der Waals surface area contributed by atoms with Gasteiger partial charge in [-0.2, -0.15) is 5.10 Å². The maximum Gasteiger partial charge on any atom is 0.337 e. The van der Waals surface area contributed by atoms with Crippen molar-refractivity contribution in [1.29, 1.82) is 0 Å². The summed E-state index contributed by atoms with van der Waals surface area (Å²) < 4.78 is 4.68. The lowest BCUT2D eigenvalue weighted by Crippen LogP contribution is -2.49. The number of hydrogen-bond acceptors (Lipinski definition) is 6. The van der Waals surface area contributed by atoms with E-state index in [1.165, 1.54) is 12.7 Å². The van der Waals surface area contributed by atoms with E-state index in [0.29, 0.717) is 24.2 Å². The van der Waals surface area contributed by atoms with Crippen LogP contribution in [-0.2, 0) is 17.6 Å². The minimum atomic E-state index is -0.405. The molecule has 0 N–H and O–H groups in total. The van der Waals surface area contributed by atoms with E-state index in [4.69, 9.17) is 0 Å². The molecule has 1 fully saturated rings. The van der Waals surface area contributed by atoms with E-state index in [-0.39, 0.29) is 5.91 Å². The van der Waals surface area contributed by atoms with Gasteiger partial charge in [0, 0.05) is 31.7 Å². The Labute approximate surface area is 157 Å². The van der Waals surface area contributed by atoms with Crippen LogP contribution in [-0.4, -0.2) is 60.3 Å². The predicted molar refractivity (Wildman–Crippen MR) is 100.0 cm³/mol. The number of anilines is 1. The topological polar surface area (TPSA) is 75.6 Å². The summed E-state index contributed by atoms with van der Waals surface area (Å²) in [5, 5.41) is 8.72. The van der Waals surface area contributed by atoms with Gasteiger partial charge in [-0.15, -0.1) is 5.10 Å². The van der Waals surface area contributed by atoms with E-state index in [1.54, 1.807) is 24.3 Å². The smallest absolute Gasteiger partial charge is 0.337 e. The minimum Gasteiger partial charge on any atom is -0.465 e. The Kier molecular flexibility index (Phi) is 4.75. The van der Waals surface area contributed by atoms with Gasteiger partial charge in [0.05, 0.1) is 18.4 Å². The van der Waals surface area contributed by atoms with E-state index < -0.39 is 5.97 Å². The number of methoxy groups -OCH3 is 1. The first-order valence-corrected chi connectivity index (χ1v) is 9.24. The van der Waals surface area contributed by atoms with Crippen LogP contribution in [0.2, 0.25) is 0 Å². The molecule has 140 valence electrons. The zero-order valence-corrected chi connectivity index (χ0v) is 15.4. The van der Waals surface area contributed by atoms with Crippen molar-refractivity contribution >= 4 is 17.7 Å². The Morgan fingerprint density at radius 3 is 2.37 bits per heavy atom. The second kappa shape index (κ2) is 7.34. The van der Waals surface area contributed by atoms with Crippen LogP contribution in [0.5, 0.6) is 0 Å². The fourth-order valence-electron chi connectivity index (χ4n) is 3.66. The molecular formula is C20H22N4O3. The van der Waals surface area contributed by atoms with Gasteiger partial charge in [-0.1, -0.05) is 0 Å². The highest BCUT2D eigenvalue weighted by Crippen LogP contribution is 2.23. The number of amides is 1. The SMILES string of the molecule is COC(=O)c1ccc(C(=O)N2CCN(c3cc4c(nn3)CCC4)CC2)cc1. The van der Waals surface area contributed by atoms with Crippen LogP contribution >= 0.6 is 0 Å². The molecule has 0 atom stereocenters. The van der Waals surface area contributed by atoms with Gasteiger partial charge in [-0.05, 0) is 55.2 Å². The van der Waals surface area contributed by atoms with Crippen LogP contribution in [0.4, 0.5) is 5.82 Å². The Hall–Kier alpha value is -2.96. The average Bonchev–Trinajstić information content (AvgIpc) is 3.21. The molecule has 2 heterocycles. The van der Waals surface area contributed by atoms with Gasteiger partial charge in [-0.3, -0.25) is 4.79 Å². The minimum absolute atomic E-state index is 0.0221. The van der Waals surface area contributed by atoms with Crippen molar-refractivity contribution in [3.63, 3.8) is 0 Å². The van der Waals surface area contributed by atoms with E-state index >= 15 is 0 Å². The van der Waals surface area contributed by atoms with Crippen LogP contribution in [0.15, 0.2) is 30.3 Å². The van der Waals surface area contributed by atoms with E-state index in [2.05, 4.69) is 25.9 Å². The molecule has 1 aliphatic heterocycles. The van der Waals surface area contributed by atoms with Gasteiger partial charge in [0.25, 0.3) is 5.91 Å². The third-order valence-electron chi connectivity index (χ3n) is 5.25. The largest absolute Gasteiger partial charge is 0.465 e. The third-order valence-corrected chi connectivity index (χ3v) is 5.25. The van der Waals surface area contributed by atoms with Crippen LogP contribution < -0.4 is 4.90 Å². The standard InChI is InChI=1S/C20H22N4O3/c1-27-20(26)15-7-5-14(6-8-15)19(25)24-11-9-23(10-12-24)18-13-16-3-2-4-17(16)21-22-18/h5-8,13H,2-4,9-12H2,1H3. The number of hydrogen-bond donors (Lipinski definition) is 0. The summed E-state index contributed by atoms with van der Waals surface area (Å²) in [7, 11) is 1.34. The molecule has 2 aliphatic rings. The molecule has 0 bridgehead atoms. The quantitative estimate of drug-likeness (QED) is 0.770. The van der Waals surface area contributed by atoms with Gasteiger partial charge in [-0.25, -0.2) is 4.79 Å².